The average Bonchev–Trinajstić information content (AvgIpc) is 3.00. The van der Waals surface area contributed by atoms with Gasteiger partial charge in [0.05, 0.1) is 11.7 Å². The third-order valence-electron chi connectivity index (χ3n) is 11.7. The smallest absolute Gasteiger partial charge is 0.159 e. The minimum atomic E-state index is -1.40. The van der Waals surface area contributed by atoms with Crippen molar-refractivity contribution in [3.05, 3.63) is 11.1 Å². The van der Waals surface area contributed by atoms with Crippen LogP contribution < -0.4 is 0 Å². The lowest BCUT2D eigenvalue weighted by Gasteiger charge is -2.67. The molecule has 35 heavy (non-hydrogen) atoms. The number of aliphatic hydroxyl groups excluding tert-OH is 2. The monoisotopic (exact) mass is 488 g/mol. The topological polar surface area (TPSA) is 94.8 Å². The van der Waals surface area contributed by atoms with Gasteiger partial charge in [-0.25, -0.2) is 0 Å². The molecule has 4 rings (SSSR count). The van der Waals surface area contributed by atoms with Crippen molar-refractivity contribution in [1.29, 1.82) is 0 Å². The Morgan fingerprint density at radius 3 is 2.20 bits per heavy atom. The number of ketones is 2. The third-order valence-corrected chi connectivity index (χ3v) is 11.7. The fraction of sp³-hybridized carbons (Fsp3) is 0.867. The van der Waals surface area contributed by atoms with Crippen LogP contribution in [0.5, 0.6) is 0 Å². The van der Waals surface area contributed by atoms with Gasteiger partial charge in [-0.3, -0.25) is 9.59 Å². The molecule has 0 unspecified atom stereocenters. The zero-order valence-corrected chi connectivity index (χ0v) is 23.2. The maximum absolute atomic E-state index is 13.6. The van der Waals surface area contributed by atoms with E-state index in [-0.39, 0.29) is 39.8 Å². The van der Waals surface area contributed by atoms with Gasteiger partial charge < -0.3 is 15.3 Å². The molecule has 3 N–H and O–H groups in total. The van der Waals surface area contributed by atoms with Crippen LogP contribution in [0.1, 0.15) is 107 Å². The quantitative estimate of drug-likeness (QED) is 0.506. The Bertz CT molecular complexity index is 941. The van der Waals surface area contributed by atoms with E-state index in [9.17, 15) is 24.9 Å². The van der Waals surface area contributed by atoms with Crippen LogP contribution in [-0.4, -0.2) is 44.7 Å². The van der Waals surface area contributed by atoms with Crippen LogP contribution in [0.2, 0.25) is 0 Å². The maximum atomic E-state index is 13.6. The Hall–Kier alpha value is -1.04. The van der Waals surface area contributed by atoms with Crippen LogP contribution in [0.15, 0.2) is 11.1 Å². The standard InChI is InChI=1S/C30H48O5/c1-17(15-19(31)25(34)27(4,5)35)24-18-9-10-22-28(6)13-12-23(33)26(2,3)21(28)11-14-29(22,7)30(18,8)16-20(24)32/h17,19,21-22,25,31,34-35H,9-16H2,1-8H3/t17-,19+,21+,22+,25-,28+,29+,30+/m1/s1. The van der Waals surface area contributed by atoms with Crippen molar-refractivity contribution in [3.63, 3.8) is 0 Å². The molecule has 0 spiro atoms. The van der Waals surface area contributed by atoms with E-state index in [1.54, 1.807) is 0 Å². The first-order valence-electron chi connectivity index (χ1n) is 13.8. The van der Waals surface area contributed by atoms with Gasteiger partial charge in [-0.15, -0.1) is 0 Å². The fourth-order valence-electron chi connectivity index (χ4n) is 9.55. The van der Waals surface area contributed by atoms with Gasteiger partial charge in [0.1, 0.15) is 11.9 Å². The molecule has 8 atom stereocenters. The molecule has 4 aliphatic rings. The highest BCUT2D eigenvalue weighted by molar-refractivity contribution is 6.00. The molecule has 4 aliphatic carbocycles. The lowest BCUT2D eigenvalue weighted by molar-refractivity contribution is -0.180. The van der Waals surface area contributed by atoms with Crippen LogP contribution in [-0.2, 0) is 9.59 Å². The van der Waals surface area contributed by atoms with Crippen molar-refractivity contribution in [2.45, 2.75) is 125 Å². The summed E-state index contributed by atoms with van der Waals surface area (Å²) in [6, 6.07) is 0. The molecule has 0 heterocycles. The Kier molecular flexibility index (Phi) is 6.35. The number of fused-ring (bicyclic) bond motifs is 5. The Balaban J connectivity index is 1.67. The zero-order chi connectivity index (χ0) is 26.4. The summed E-state index contributed by atoms with van der Waals surface area (Å²) in [5.41, 5.74) is 0.324. The van der Waals surface area contributed by atoms with Gasteiger partial charge >= 0.3 is 0 Å². The number of Topliss-reactive ketones (excluding diaryl/α,β-unsaturated/α-hetero) is 2. The van der Waals surface area contributed by atoms with Gasteiger partial charge in [0.15, 0.2) is 5.78 Å². The van der Waals surface area contributed by atoms with Crippen LogP contribution in [0.3, 0.4) is 0 Å². The van der Waals surface area contributed by atoms with Crippen LogP contribution in [0.4, 0.5) is 0 Å². The van der Waals surface area contributed by atoms with E-state index in [1.807, 2.05) is 6.92 Å². The molecule has 0 saturated heterocycles. The first kappa shape index (κ1) is 27.0. The highest BCUT2D eigenvalue weighted by Crippen LogP contribution is 2.73. The number of carbonyl (C=O) groups excluding carboxylic acids is 2. The van der Waals surface area contributed by atoms with E-state index < -0.39 is 17.8 Å². The number of carbonyl (C=O) groups is 2. The highest BCUT2D eigenvalue weighted by Gasteiger charge is 2.67. The molecular weight excluding hydrogens is 440 g/mol. The Morgan fingerprint density at radius 1 is 0.971 bits per heavy atom. The summed E-state index contributed by atoms with van der Waals surface area (Å²) in [4.78, 5) is 26.4. The van der Waals surface area contributed by atoms with E-state index in [4.69, 9.17) is 0 Å². The van der Waals surface area contributed by atoms with E-state index in [0.29, 0.717) is 30.5 Å². The molecule has 0 amide bonds. The summed E-state index contributed by atoms with van der Waals surface area (Å²) >= 11 is 0. The van der Waals surface area contributed by atoms with E-state index in [2.05, 4.69) is 34.6 Å². The number of hydrogen-bond donors (Lipinski definition) is 3. The lowest BCUT2D eigenvalue weighted by Crippen LogP contribution is -2.62. The first-order chi connectivity index (χ1) is 15.9. The number of aliphatic hydroxyl groups is 3. The van der Waals surface area contributed by atoms with E-state index in [1.165, 1.54) is 19.4 Å². The van der Waals surface area contributed by atoms with Gasteiger partial charge in [-0.1, -0.05) is 47.1 Å². The molecule has 0 bridgehead atoms. The first-order valence-corrected chi connectivity index (χ1v) is 13.8. The van der Waals surface area contributed by atoms with Crippen LogP contribution in [0, 0.1) is 39.4 Å². The van der Waals surface area contributed by atoms with Gasteiger partial charge in [0.25, 0.3) is 0 Å². The molecule has 0 radical (unpaired) electrons. The highest BCUT2D eigenvalue weighted by atomic mass is 16.4. The summed E-state index contributed by atoms with van der Waals surface area (Å²) in [5.74, 6) is 1.28. The van der Waals surface area contributed by atoms with E-state index >= 15 is 0 Å². The Morgan fingerprint density at radius 2 is 1.60 bits per heavy atom. The summed E-state index contributed by atoms with van der Waals surface area (Å²) in [6.45, 7) is 16.4. The minimum absolute atomic E-state index is 0.00928. The molecule has 0 aromatic rings. The molecule has 0 aromatic carbocycles. The van der Waals surface area contributed by atoms with Gasteiger partial charge in [0.2, 0.25) is 0 Å². The van der Waals surface area contributed by atoms with Crippen LogP contribution >= 0.6 is 0 Å². The lowest BCUT2D eigenvalue weighted by atomic mass is 9.36. The molecule has 3 fully saturated rings. The third kappa shape index (κ3) is 3.74. The number of allylic oxidation sites excluding steroid dienone is 2. The van der Waals surface area contributed by atoms with Crippen molar-refractivity contribution in [2.75, 3.05) is 0 Å². The maximum Gasteiger partial charge on any atom is 0.159 e. The SMILES string of the molecule is C[C@H](C[C@H](O)[C@@H](O)C(C)(C)O)C1=C2CC[C@H]3[C@@]4(C)CCC(=O)C(C)(C)[C@@H]4CC[C@]3(C)[C@@]2(C)CC1=O. The molecule has 0 aromatic heterocycles. The molecular formula is C30H48O5. The fourth-order valence-corrected chi connectivity index (χ4v) is 9.55. The van der Waals surface area contributed by atoms with Crippen molar-refractivity contribution < 1.29 is 24.9 Å². The molecule has 5 heteroatoms. The van der Waals surface area contributed by atoms with Crippen LogP contribution in [0.25, 0.3) is 0 Å². The minimum Gasteiger partial charge on any atom is -0.390 e. The van der Waals surface area contributed by atoms with Gasteiger partial charge in [0, 0.05) is 23.7 Å². The van der Waals surface area contributed by atoms with E-state index in [0.717, 1.165) is 37.7 Å². The molecule has 0 aliphatic heterocycles. The average molecular weight is 489 g/mol. The summed E-state index contributed by atoms with van der Waals surface area (Å²) in [5, 5.41) is 31.1. The van der Waals surface area contributed by atoms with Crippen molar-refractivity contribution >= 4 is 11.6 Å². The predicted molar refractivity (Wildman–Crippen MR) is 137 cm³/mol. The van der Waals surface area contributed by atoms with Gasteiger partial charge in [-0.2, -0.15) is 0 Å². The van der Waals surface area contributed by atoms with Gasteiger partial charge in [-0.05, 0) is 86.5 Å². The van der Waals surface area contributed by atoms with Crippen molar-refractivity contribution in [3.8, 4) is 0 Å². The largest absolute Gasteiger partial charge is 0.390 e. The number of hydrogen-bond acceptors (Lipinski definition) is 5. The second-order valence-corrected chi connectivity index (χ2v) is 14.4. The summed E-state index contributed by atoms with van der Waals surface area (Å²) in [7, 11) is 0. The normalized spacial score (nSPS) is 41.7. The summed E-state index contributed by atoms with van der Waals surface area (Å²) < 4.78 is 0. The molecule has 5 nitrogen and oxygen atoms in total. The Labute approximate surface area is 211 Å². The second kappa shape index (κ2) is 8.23. The molecule has 3 saturated carbocycles. The van der Waals surface area contributed by atoms with Crippen molar-refractivity contribution in [1.82, 2.24) is 0 Å². The molecule has 198 valence electrons. The van der Waals surface area contributed by atoms with Crippen molar-refractivity contribution in [2.24, 2.45) is 39.4 Å². The zero-order valence-electron chi connectivity index (χ0n) is 23.2. The number of rotatable bonds is 5. The summed E-state index contributed by atoms with van der Waals surface area (Å²) in [6.07, 6.45) is 4.01. The second-order valence-electron chi connectivity index (χ2n) is 14.4. The predicted octanol–water partition coefficient (Wildman–Crippen LogP) is 5.00.